The molecule has 2 aliphatic heterocycles. The maximum Gasteiger partial charge on any atom is 0.338 e. The first-order valence-corrected chi connectivity index (χ1v) is 10.2. The van der Waals surface area contributed by atoms with Crippen LogP contribution < -0.4 is 4.90 Å². The van der Waals surface area contributed by atoms with Crippen LogP contribution in [0.2, 0.25) is 0 Å². The number of carbonyl (C=O) groups excluding carboxylic acids is 3. The van der Waals surface area contributed by atoms with Crippen molar-refractivity contribution in [2.75, 3.05) is 24.6 Å². The monoisotopic (exact) mass is 404 g/mol. The van der Waals surface area contributed by atoms with Crippen molar-refractivity contribution in [2.45, 2.75) is 25.8 Å². The summed E-state index contributed by atoms with van der Waals surface area (Å²) in [4.78, 5) is 40.8. The summed E-state index contributed by atoms with van der Waals surface area (Å²) in [5.41, 5.74) is 3.35. The highest BCUT2D eigenvalue weighted by molar-refractivity contribution is 6.22. The summed E-state index contributed by atoms with van der Waals surface area (Å²) in [6, 6.07) is 16.2. The van der Waals surface area contributed by atoms with Gasteiger partial charge in [0.1, 0.15) is 0 Å². The van der Waals surface area contributed by atoms with Crippen LogP contribution in [0.5, 0.6) is 0 Å². The molecule has 6 heteroatoms. The summed E-state index contributed by atoms with van der Waals surface area (Å²) in [6.07, 6.45) is 3.16. The summed E-state index contributed by atoms with van der Waals surface area (Å²) in [7, 11) is 0. The molecule has 2 heterocycles. The number of amides is 2. The molecule has 0 radical (unpaired) electrons. The molecule has 2 aliphatic rings. The fraction of sp³-hybridized carbons (Fsp3) is 0.292. The number of imide groups is 1. The van der Waals surface area contributed by atoms with E-state index in [0.717, 1.165) is 13.0 Å². The van der Waals surface area contributed by atoms with Crippen molar-refractivity contribution in [2.24, 2.45) is 0 Å². The first-order chi connectivity index (χ1) is 14.6. The number of benzene rings is 2. The van der Waals surface area contributed by atoms with Gasteiger partial charge < -0.3 is 4.74 Å². The first-order valence-electron chi connectivity index (χ1n) is 10.2. The number of hydrogen-bond donors (Lipinski definition) is 0. The second-order valence-electron chi connectivity index (χ2n) is 7.39. The quantitative estimate of drug-likeness (QED) is 0.565. The third-order valence-electron chi connectivity index (χ3n) is 5.59. The van der Waals surface area contributed by atoms with Crippen LogP contribution in [0.15, 0.2) is 60.7 Å². The lowest BCUT2D eigenvalue weighted by molar-refractivity contribution is -0.122. The van der Waals surface area contributed by atoms with E-state index in [4.69, 9.17) is 4.74 Å². The summed E-state index contributed by atoms with van der Waals surface area (Å²) < 4.78 is 4.97. The van der Waals surface area contributed by atoms with E-state index < -0.39 is 12.0 Å². The van der Waals surface area contributed by atoms with Crippen molar-refractivity contribution in [1.82, 2.24) is 4.90 Å². The molecule has 154 valence electrons. The van der Waals surface area contributed by atoms with Gasteiger partial charge in [-0.1, -0.05) is 36.4 Å². The van der Waals surface area contributed by atoms with Crippen LogP contribution in [0.3, 0.4) is 0 Å². The smallest absolute Gasteiger partial charge is 0.338 e. The van der Waals surface area contributed by atoms with Crippen LogP contribution in [0, 0.1) is 0 Å². The molecule has 0 spiro atoms. The van der Waals surface area contributed by atoms with Crippen molar-refractivity contribution in [3.8, 4) is 0 Å². The zero-order chi connectivity index (χ0) is 21.1. The van der Waals surface area contributed by atoms with Gasteiger partial charge >= 0.3 is 5.97 Å². The topological polar surface area (TPSA) is 66.9 Å². The van der Waals surface area contributed by atoms with Crippen LogP contribution in [0.4, 0.5) is 5.69 Å². The Bertz CT molecular complexity index is 982. The maximum absolute atomic E-state index is 13.0. The van der Waals surface area contributed by atoms with E-state index in [9.17, 15) is 14.4 Å². The van der Waals surface area contributed by atoms with Gasteiger partial charge in [0, 0.05) is 13.1 Å². The SMILES string of the molecule is CCOC(=O)c1ccc(N2C(=O)CC(N3CC=C(c4ccccc4)CC3)C2=O)cc1. The number of esters is 1. The molecule has 1 atom stereocenters. The molecule has 6 nitrogen and oxygen atoms in total. The standard InChI is InChI=1S/C24H24N2O4/c1-2-30-24(29)19-8-10-20(11-9-19)26-22(27)16-21(23(26)28)25-14-12-18(13-15-25)17-6-4-3-5-7-17/h3-12,21H,2,13-16H2,1H3. The molecular weight excluding hydrogens is 380 g/mol. The number of hydrogen-bond acceptors (Lipinski definition) is 5. The summed E-state index contributed by atoms with van der Waals surface area (Å²) in [5.74, 6) is -0.845. The minimum atomic E-state index is -0.448. The van der Waals surface area contributed by atoms with E-state index in [-0.39, 0.29) is 18.2 Å². The van der Waals surface area contributed by atoms with E-state index in [2.05, 4.69) is 23.1 Å². The number of ether oxygens (including phenoxy) is 1. The van der Waals surface area contributed by atoms with Crippen molar-refractivity contribution in [3.05, 3.63) is 71.8 Å². The van der Waals surface area contributed by atoms with Gasteiger partial charge in [0.2, 0.25) is 5.91 Å². The normalized spacial score (nSPS) is 19.7. The van der Waals surface area contributed by atoms with E-state index in [0.29, 0.717) is 24.4 Å². The van der Waals surface area contributed by atoms with Crippen LogP contribution in [0.1, 0.15) is 35.7 Å². The molecule has 1 fully saturated rings. The zero-order valence-electron chi connectivity index (χ0n) is 16.9. The molecule has 2 aromatic carbocycles. The van der Waals surface area contributed by atoms with Gasteiger partial charge in [-0.3, -0.25) is 14.5 Å². The van der Waals surface area contributed by atoms with E-state index in [1.54, 1.807) is 31.2 Å². The summed E-state index contributed by atoms with van der Waals surface area (Å²) >= 11 is 0. The number of rotatable bonds is 5. The van der Waals surface area contributed by atoms with Gasteiger partial charge in [-0.15, -0.1) is 0 Å². The molecule has 0 saturated carbocycles. The second kappa shape index (κ2) is 8.63. The molecule has 2 amide bonds. The van der Waals surface area contributed by atoms with Gasteiger partial charge in [0.25, 0.3) is 5.91 Å². The minimum Gasteiger partial charge on any atom is -0.462 e. The molecule has 0 bridgehead atoms. The van der Waals surface area contributed by atoms with Crippen molar-refractivity contribution in [3.63, 3.8) is 0 Å². The lowest BCUT2D eigenvalue weighted by Crippen LogP contribution is -2.44. The lowest BCUT2D eigenvalue weighted by atomic mass is 9.98. The number of nitrogens with zero attached hydrogens (tertiary/aromatic N) is 2. The Balaban J connectivity index is 1.46. The summed E-state index contributed by atoms with van der Waals surface area (Å²) in [6.45, 7) is 3.41. The molecule has 0 aromatic heterocycles. The van der Waals surface area contributed by atoms with Gasteiger partial charge in [-0.25, -0.2) is 9.69 Å². The molecule has 4 rings (SSSR count). The first kappa shape index (κ1) is 20.0. The Morgan fingerprint density at radius 2 is 1.80 bits per heavy atom. The Morgan fingerprint density at radius 1 is 1.07 bits per heavy atom. The highest BCUT2D eigenvalue weighted by Crippen LogP contribution is 2.29. The number of anilines is 1. The Kier molecular flexibility index (Phi) is 5.77. The molecule has 0 N–H and O–H groups in total. The Hall–Kier alpha value is -3.25. The third-order valence-corrected chi connectivity index (χ3v) is 5.59. The summed E-state index contributed by atoms with van der Waals surface area (Å²) in [5, 5.41) is 0. The van der Waals surface area contributed by atoms with Gasteiger partial charge in [0.15, 0.2) is 0 Å². The predicted molar refractivity (Wildman–Crippen MR) is 114 cm³/mol. The molecule has 30 heavy (non-hydrogen) atoms. The van der Waals surface area contributed by atoms with Crippen molar-refractivity contribution in [1.29, 1.82) is 0 Å². The molecule has 2 aromatic rings. The van der Waals surface area contributed by atoms with Gasteiger partial charge in [-0.2, -0.15) is 0 Å². The average molecular weight is 404 g/mol. The fourth-order valence-electron chi connectivity index (χ4n) is 4.02. The molecule has 1 unspecified atom stereocenters. The fourth-order valence-corrected chi connectivity index (χ4v) is 4.02. The maximum atomic E-state index is 13.0. The lowest BCUT2D eigenvalue weighted by Gasteiger charge is -2.30. The van der Waals surface area contributed by atoms with E-state index in [1.165, 1.54) is 16.0 Å². The second-order valence-corrected chi connectivity index (χ2v) is 7.39. The zero-order valence-corrected chi connectivity index (χ0v) is 16.9. The predicted octanol–water partition coefficient (Wildman–Crippen LogP) is 3.28. The Labute approximate surface area is 175 Å². The highest BCUT2D eigenvalue weighted by atomic mass is 16.5. The van der Waals surface area contributed by atoms with Gasteiger partial charge in [0.05, 0.1) is 30.3 Å². The van der Waals surface area contributed by atoms with Crippen molar-refractivity contribution < 1.29 is 19.1 Å². The van der Waals surface area contributed by atoms with Crippen LogP contribution in [0.25, 0.3) is 5.57 Å². The highest BCUT2D eigenvalue weighted by Gasteiger charge is 2.42. The van der Waals surface area contributed by atoms with Crippen LogP contribution in [-0.4, -0.2) is 48.4 Å². The van der Waals surface area contributed by atoms with E-state index >= 15 is 0 Å². The molecule has 0 aliphatic carbocycles. The molecular formula is C24H24N2O4. The Morgan fingerprint density at radius 3 is 2.43 bits per heavy atom. The van der Waals surface area contributed by atoms with Crippen LogP contribution in [-0.2, 0) is 14.3 Å². The number of carbonyl (C=O) groups is 3. The van der Waals surface area contributed by atoms with Crippen LogP contribution >= 0.6 is 0 Å². The minimum absolute atomic E-state index is 0.174. The largest absolute Gasteiger partial charge is 0.462 e. The third kappa shape index (κ3) is 3.91. The van der Waals surface area contributed by atoms with Crippen molar-refractivity contribution >= 4 is 29.0 Å². The molecule has 1 saturated heterocycles. The van der Waals surface area contributed by atoms with Gasteiger partial charge in [-0.05, 0) is 48.7 Å². The van der Waals surface area contributed by atoms with E-state index in [1.807, 2.05) is 18.2 Å². The average Bonchev–Trinajstić information content (AvgIpc) is 3.08.